The summed E-state index contributed by atoms with van der Waals surface area (Å²) in [5.41, 5.74) is 0.342. The molecule has 0 unspecified atom stereocenters. The summed E-state index contributed by atoms with van der Waals surface area (Å²) in [6.45, 7) is 3.05. The zero-order valence-corrected chi connectivity index (χ0v) is 15.5. The minimum absolute atomic E-state index is 0.0375. The van der Waals surface area contributed by atoms with Gasteiger partial charge in [0.15, 0.2) is 0 Å². The summed E-state index contributed by atoms with van der Waals surface area (Å²) in [6, 6.07) is 4.97. The predicted molar refractivity (Wildman–Crippen MR) is 97.1 cm³/mol. The lowest BCUT2D eigenvalue weighted by molar-refractivity contribution is -0.150. The van der Waals surface area contributed by atoms with Crippen molar-refractivity contribution in [1.29, 1.82) is 0 Å². The highest BCUT2D eigenvalue weighted by molar-refractivity contribution is 5.92. The van der Waals surface area contributed by atoms with Gasteiger partial charge in [-0.05, 0) is 31.9 Å². The maximum absolute atomic E-state index is 13.0. The molecule has 2 saturated heterocycles. The maximum Gasteiger partial charge on any atom is 0.272 e. The van der Waals surface area contributed by atoms with Crippen molar-refractivity contribution in [2.45, 2.75) is 50.5 Å². The van der Waals surface area contributed by atoms with Gasteiger partial charge >= 0.3 is 0 Å². The number of carbonyl (C=O) groups is 2. The molecule has 2 aliphatic heterocycles. The molecule has 8 heteroatoms. The predicted octanol–water partition coefficient (Wildman–Crippen LogP) is 0.357. The van der Waals surface area contributed by atoms with Crippen LogP contribution in [-0.2, 0) is 14.3 Å². The molecule has 2 fully saturated rings. The molecule has 0 aromatic carbocycles. The molecule has 8 nitrogen and oxygen atoms in total. The Hall–Kier alpha value is -2.03. The normalized spacial score (nSPS) is 28.6. The Labute approximate surface area is 158 Å². The topological polar surface area (TPSA) is 101 Å². The second-order valence-electron chi connectivity index (χ2n) is 6.96. The fourth-order valence-corrected chi connectivity index (χ4v) is 3.69. The van der Waals surface area contributed by atoms with E-state index in [1.807, 2.05) is 6.92 Å². The van der Waals surface area contributed by atoms with Crippen molar-refractivity contribution in [1.82, 2.24) is 15.2 Å². The maximum atomic E-state index is 13.0. The Morgan fingerprint density at radius 3 is 2.93 bits per heavy atom. The number of nitrogens with one attached hydrogen (secondary N) is 1. The van der Waals surface area contributed by atoms with Gasteiger partial charge in [0.2, 0.25) is 5.91 Å². The second kappa shape index (κ2) is 9.25. The third-order valence-electron chi connectivity index (χ3n) is 4.91. The van der Waals surface area contributed by atoms with Gasteiger partial charge in [-0.15, -0.1) is 0 Å². The number of aliphatic hydroxyl groups is 1. The fourth-order valence-electron chi connectivity index (χ4n) is 3.69. The van der Waals surface area contributed by atoms with E-state index in [-0.39, 0.29) is 49.8 Å². The molecule has 0 saturated carbocycles. The van der Waals surface area contributed by atoms with Crippen molar-refractivity contribution in [2.24, 2.45) is 0 Å². The minimum atomic E-state index is -0.758. The van der Waals surface area contributed by atoms with Crippen LogP contribution < -0.4 is 5.32 Å². The fraction of sp³-hybridized carbons (Fsp3) is 0.632. The molecule has 2 amide bonds. The second-order valence-corrected chi connectivity index (χ2v) is 6.96. The molecule has 4 atom stereocenters. The number of β-amino-alcohol motifs (C(OH)–C–C–N with tert-alkyl or cyclic N) is 1. The van der Waals surface area contributed by atoms with Crippen molar-refractivity contribution in [3.8, 4) is 0 Å². The van der Waals surface area contributed by atoms with Crippen LogP contribution in [0, 0.1) is 0 Å². The summed E-state index contributed by atoms with van der Waals surface area (Å²) in [7, 11) is 0. The average molecular weight is 377 g/mol. The SMILES string of the molecule is CCNC(=O)C[C@H]1CC[C@H]2[C@@H](COC[C@H](O)CN2C(=O)c2ccccn2)O1. The molecule has 3 rings (SSSR count). The summed E-state index contributed by atoms with van der Waals surface area (Å²) < 4.78 is 11.7. The van der Waals surface area contributed by atoms with Crippen LogP contribution in [0.25, 0.3) is 0 Å². The minimum Gasteiger partial charge on any atom is -0.389 e. The van der Waals surface area contributed by atoms with Crippen LogP contribution in [0.5, 0.6) is 0 Å². The van der Waals surface area contributed by atoms with Crippen LogP contribution in [-0.4, -0.2) is 77.5 Å². The summed E-state index contributed by atoms with van der Waals surface area (Å²) in [5, 5.41) is 13.0. The van der Waals surface area contributed by atoms with E-state index in [2.05, 4.69) is 10.3 Å². The molecule has 2 aliphatic rings. The Bertz CT molecular complexity index is 641. The Morgan fingerprint density at radius 2 is 2.19 bits per heavy atom. The summed E-state index contributed by atoms with van der Waals surface area (Å²) in [6.07, 6.45) is 1.94. The van der Waals surface area contributed by atoms with E-state index in [9.17, 15) is 14.7 Å². The van der Waals surface area contributed by atoms with Gasteiger partial charge in [0.05, 0.1) is 37.9 Å². The first-order chi connectivity index (χ1) is 13.1. The van der Waals surface area contributed by atoms with E-state index in [1.165, 1.54) is 0 Å². The van der Waals surface area contributed by atoms with Crippen LogP contribution in [0.3, 0.4) is 0 Å². The number of amides is 2. The van der Waals surface area contributed by atoms with E-state index in [1.54, 1.807) is 29.3 Å². The van der Waals surface area contributed by atoms with Gasteiger partial charge in [-0.1, -0.05) is 6.07 Å². The van der Waals surface area contributed by atoms with Gasteiger partial charge in [0.1, 0.15) is 11.8 Å². The summed E-state index contributed by atoms with van der Waals surface area (Å²) in [4.78, 5) is 30.7. The van der Waals surface area contributed by atoms with Crippen LogP contribution >= 0.6 is 0 Å². The van der Waals surface area contributed by atoms with Crippen LogP contribution in [0.15, 0.2) is 24.4 Å². The van der Waals surface area contributed by atoms with Gasteiger partial charge in [-0.2, -0.15) is 0 Å². The number of pyridine rings is 1. The number of ether oxygens (including phenoxy) is 2. The molecule has 148 valence electrons. The number of aliphatic hydroxyl groups excluding tert-OH is 1. The first kappa shape index (κ1) is 19.7. The molecule has 0 radical (unpaired) electrons. The molecule has 1 aromatic heterocycles. The Balaban J connectivity index is 1.74. The number of rotatable bonds is 4. The van der Waals surface area contributed by atoms with Gasteiger partial charge in [-0.3, -0.25) is 14.6 Å². The smallest absolute Gasteiger partial charge is 0.272 e. The van der Waals surface area contributed by atoms with Gasteiger partial charge < -0.3 is 24.8 Å². The van der Waals surface area contributed by atoms with Crippen molar-refractivity contribution >= 4 is 11.8 Å². The van der Waals surface area contributed by atoms with E-state index < -0.39 is 6.10 Å². The lowest BCUT2D eigenvalue weighted by Gasteiger charge is -2.44. The number of hydrogen-bond acceptors (Lipinski definition) is 6. The van der Waals surface area contributed by atoms with Gasteiger partial charge in [-0.25, -0.2) is 0 Å². The first-order valence-corrected chi connectivity index (χ1v) is 9.48. The lowest BCUT2D eigenvalue weighted by atomic mass is 9.94. The van der Waals surface area contributed by atoms with E-state index in [0.29, 0.717) is 31.5 Å². The number of hydrogen-bond donors (Lipinski definition) is 2. The zero-order valence-electron chi connectivity index (χ0n) is 15.5. The molecular weight excluding hydrogens is 350 g/mol. The first-order valence-electron chi connectivity index (χ1n) is 9.48. The Kier molecular flexibility index (Phi) is 6.76. The van der Waals surface area contributed by atoms with Crippen molar-refractivity contribution in [3.63, 3.8) is 0 Å². The Morgan fingerprint density at radius 1 is 1.33 bits per heavy atom. The van der Waals surface area contributed by atoms with Crippen molar-refractivity contribution < 1.29 is 24.2 Å². The monoisotopic (exact) mass is 377 g/mol. The van der Waals surface area contributed by atoms with Gasteiger partial charge in [0, 0.05) is 19.3 Å². The van der Waals surface area contributed by atoms with Crippen molar-refractivity contribution in [3.05, 3.63) is 30.1 Å². The van der Waals surface area contributed by atoms with Crippen LogP contribution in [0.1, 0.15) is 36.7 Å². The summed E-state index contributed by atoms with van der Waals surface area (Å²) >= 11 is 0. The third kappa shape index (κ3) is 5.03. The van der Waals surface area contributed by atoms with Gasteiger partial charge in [0.25, 0.3) is 5.91 Å². The number of aromatic nitrogens is 1. The summed E-state index contributed by atoms with van der Waals surface area (Å²) in [5.74, 6) is -0.262. The average Bonchev–Trinajstić information content (AvgIpc) is 2.65. The molecule has 3 heterocycles. The highest BCUT2D eigenvalue weighted by Crippen LogP contribution is 2.28. The standard InChI is InChI=1S/C19H27N3O5/c1-2-20-18(24)9-14-6-7-16-17(27-14)12-26-11-13(23)10-22(16)19(25)15-5-3-4-8-21-15/h3-5,8,13-14,16-17,23H,2,6-7,9-12H2,1H3,(H,20,24)/t13-,14-,16+,17-/m1/s1. The largest absolute Gasteiger partial charge is 0.389 e. The zero-order chi connectivity index (χ0) is 19.2. The van der Waals surface area contributed by atoms with Crippen LogP contribution in [0.2, 0.25) is 0 Å². The molecule has 1 aromatic rings. The molecule has 0 bridgehead atoms. The lowest BCUT2D eigenvalue weighted by Crippen LogP contribution is -2.57. The quantitative estimate of drug-likeness (QED) is 0.786. The van der Waals surface area contributed by atoms with E-state index >= 15 is 0 Å². The number of fused-ring (bicyclic) bond motifs is 1. The van der Waals surface area contributed by atoms with Crippen LogP contribution in [0.4, 0.5) is 0 Å². The molecular formula is C19H27N3O5. The highest BCUT2D eigenvalue weighted by Gasteiger charge is 2.40. The highest BCUT2D eigenvalue weighted by atomic mass is 16.5. The van der Waals surface area contributed by atoms with E-state index in [4.69, 9.17) is 9.47 Å². The molecule has 2 N–H and O–H groups in total. The number of carbonyl (C=O) groups excluding carboxylic acids is 2. The molecule has 0 aliphatic carbocycles. The molecule has 0 spiro atoms. The van der Waals surface area contributed by atoms with E-state index in [0.717, 1.165) is 0 Å². The third-order valence-corrected chi connectivity index (χ3v) is 4.91. The number of nitrogens with zero attached hydrogens (tertiary/aromatic N) is 2. The molecule has 27 heavy (non-hydrogen) atoms. The van der Waals surface area contributed by atoms with Crippen molar-refractivity contribution in [2.75, 3.05) is 26.3 Å².